The predicted molar refractivity (Wildman–Crippen MR) is 442 cm³/mol. The summed E-state index contributed by atoms with van der Waals surface area (Å²) in [5.74, 6) is -3.40. The summed E-state index contributed by atoms with van der Waals surface area (Å²) in [4.78, 5) is 71.7. The maximum Gasteiger partial charge on any atom is 0.282 e. The van der Waals surface area contributed by atoms with Crippen molar-refractivity contribution in [1.29, 1.82) is 15.8 Å². The average molecular weight is 1640 g/mol. The van der Waals surface area contributed by atoms with Gasteiger partial charge in [-0.05, 0) is 171 Å². The number of rotatable bonds is 10. The third-order valence-corrected chi connectivity index (χ3v) is 20.3. The van der Waals surface area contributed by atoms with Gasteiger partial charge in [-0.15, -0.1) is 0 Å². The number of aliphatic hydroxyl groups is 2. The number of aliphatic hydroxyl groups excluding tert-OH is 2. The number of nitrogens with zero attached hydrogens (tertiary/aromatic N) is 14. The molecule has 28 heteroatoms. The number of hydrogen-bond donors (Lipinski definition) is 4. The van der Waals surface area contributed by atoms with Crippen molar-refractivity contribution >= 4 is 93.4 Å². The number of halogens is 6. The SMILES string of the molecule is CC(=O)n1cc(C#N)c2ccc(Br)nc21.CC(C)(C)c1cc(F)c2c(=O)n(-c3cccc(-n4cc(C#N)c5ccc(-c6ccccc6F)nc54)c3CO)ncc2c1.CC(C)(C)c1cc(F)c2c(=O)n(-c3cccc(-n4cc(C(N)=O)c5ccc(-c6ccccc6F)nc54)c3CO)ncc2c1.N#Cc1c[nH]c2nc(-c3ccccc3F)ccc12. The first-order valence-electron chi connectivity index (χ1n) is 36.4. The van der Waals surface area contributed by atoms with E-state index in [0.29, 0.717) is 110 Å². The van der Waals surface area contributed by atoms with Crippen LogP contribution in [-0.2, 0) is 24.0 Å². The number of nitrogens with one attached hydrogen (secondary N) is 1. The minimum Gasteiger partial charge on any atom is -0.392 e. The van der Waals surface area contributed by atoms with Crippen LogP contribution in [-0.4, -0.2) is 80.2 Å². The topological polar surface area (TPSA) is 324 Å². The van der Waals surface area contributed by atoms with E-state index < -0.39 is 53.5 Å². The number of amides is 1. The number of aromatic nitrogens is 12. The Morgan fingerprint density at radius 2 is 0.898 bits per heavy atom. The molecule has 10 heterocycles. The van der Waals surface area contributed by atoms with Crippen molar-refractivity contribution in [2.75, 3.05) is 0 Å². The van der Waals surface area contributed by atoms with Crippen molar-refractivity contribution in [3.05, 3.63) is 318 Å². The van der Waals surface area contributed by atoms with Crippen LogP contribution < -0.4 is 16.9 Å². The molecule has 7 aromatic carbocycles. The van der Waals surface area contributed by atoms with Gasteiger partial charge in [0.05, 0.1) is 98.5 Å². The Hall–Kier alpha value is -14.8. The molecule has 0 bridgehead atoms. The fourth-order valence-electron chi connectivity index (χ4n) is 13.8. The molecule has 1 amide bonds. The maximum atomic E-state index is 15.3. The number of fused-ring (bicyclic) bond motifs is 6. The van der Waals surface area contributed by atoms with E-state index >= 15 is 8.78 Å². The van der Waals surface area contributed by atoms with E-state index in [9.17, 15) is 47.8 Å². The van der Waals surface area contributed by atoms with Crippen LogP contribution in [0.25, 0.3) is 122 Å². The monoisotopic (exact) mass is 1640 g/mol. The molecule has 22 nitrogen and oxygen atoms in total. The second kappa shape index (κ2) is 32.3. The van der Waals surface area contributed by atoms with Crippen molar-refractivity contribution in [3.63, 3.8) is 0 Å². The highest BCUT2D eigenvalue weighted by molar-refractivity contribution is 9.10. The summed E-state index contributed by atoms with van der Waals surface area (Å²) in [6.07, 6.45) is 9.01. The first-order chi connectivity index (χ1) is 56.5. The van der Waals surface area contributed by atoms with Gasteiger partial charge in [0.25, 0.3) is 17.0 Å². The first kappa shape index (κ1) is 79.9. The highest BCUT2D eigenvalue weighted by atomic mass is 79.9. The zero-order chi connectivity index (χ0) is 83.9. The van der Waals surface area contributed by atoms with E-state index in [0.717, 1.165) is 25.9 Å². The van der Waals surface area contributed by atoms with Crippen molar-refractivity contribution in [2.24, 2.45) is 5.73 Å². The minimum atomic E-state index is -0.705. The zero-order valence-electron chi connectivity index (χ0n) is 63.8. The summed E-state index contributed by atoms with van der Waals surface area (Å²) in [5, 5.41) is 60.3. The van der Waals surface area contributed by atoms with Gasteiger partial charge in [0.2, 0.25) is 5.91 Å². The number of hydrogen-bond acceptors (Lipinski definition) is 15. The quantitative estimate of drug-likeness (QED) is 0.0730. The van der Waals surface area contributed by atoms with Crippen molar-refractivity contribution in [1.82, 2.24) is 58.2 Å². The van der Waals surface area contributed by atoms with Gasteiger partial charge >= 0.3 is 0 Å². The van der Waals surface area contributed by atoms with Gasteiger partial charge in [0.15, 0.2) is 0 Å². The minimum absolute atomic E-state index is 0.110. The summed E-state index contributed by atoms with van der Waals surface area (Å²) >= 11 is 3.23. The third-order valence-electron chi connectivity index (χ3n) is 19.8. The summed E-state index contributed by atoms with van der Waals surface area (Å²) in [7, 11) is 0. The number of benzene rings is 7. The Labute approximate surface area is 676 Å². The molecule has 0 saturated carbocycles. The number of pyridine rings is 4. The standard InChI is InChI=1S/C33H27F2N5O3.C33H25F2N5O2.C14H8FN3.C10H6BrN3O/c1-33(2,3)19-13-18-15-37-40(32(43)29(18)25(35)14-19)28-10-6-9-27(23(28)17-41)39-16-22(30(36)42)20-11-12-26(38-31(20)39)21-7-4-5-8-24(21)34;1-33(2,3)21-13-19-16-37-40(32(42)30(19)26(35)14-21)29-10-6-9-28(24(29)18-41)39-17-20(15-36)22-11-12-27(38-31(22)39)23-7-4-5-8-25(23)34;15-12-4-2-1-3-11(12)13-6-5-10-9(7-16)8-17-14(10)18-13;1-6(15)14-5-7(4-12)8-2-3-9(11)13-10(8)14/h4-16,41H,17H2,1-3H3,(H2,36,42);4-14,16-17,41H,18H2,1-3H3;1-6,8H,(H,17,18);2-3,5H,1H3. The summed E-state index contributed by atoms with van der Waals surface area (Å²) < 4.78 is 80.8. The van der Waals surface area contributed by atoms with Gasteiger partial charge in [0, 0.05) is 91.8 Å². The number of aromatic amines is 1. The van der Waals surface area contributed by atoms with E-state index in [1.54, 1.807) is 173 Å². The molecule has 0 aliphatic rings. The summed E-state index contributed by atoms with van der Waals surface area (Å²) in [6, 6.07) is 54.8. The highest BCUT2D eigenvalue weighted by Crippen LogP contribution is 2.36. The molecule has 0 saturated heterocycles. The lowest BCUT2D eigenvalue weighted by molar-refractivity contribution is 0.0939. The van der Waals surface area contributed by atoms with Gasteiger partial charge in [-0.1, -0.05) is 90.1 Å². The van der Waals surface area contributed by atoms with Crippen LogP contribution >= 0.6 is 15.9 Å². The molecule has 0 spiro atoms. The molecule has 0 fully saturated rings. The van der Waals surface area contributed by atoms with Crippen LogP contribution in [0.3, 0.4) is 0 Å². The van der Waals surface area contributed by atoms with Gasteiger partial charge < -0.3 is 25.5 Å². The normalized spacial score (nSPS) is 11.4. The van der Waals surface area contributed by atoms with E-state index in [-0.39, 0.29) is 67.0 Å². The molecule has 0 unspecified atom stereocenters. The number of carbonyl (C=O) groups is 2. The number of H-pyrrole nitrogens is 1. The largest absolute Gasteiger partial charge is 0.392 e. The molecule has 0 atom stereocenters. The number of nitriles is 3. The van der Waals surface area contributed by atoms with Crippen molar-refractivity contribution in [2.45, 2.75) is 72.5 Å². The average Bonchev–Trinajstić information content (AvgIpc) is 1.36. The van der Waals surface area contributed by atoms with Crippen molar-refractivity contribution < 1.29 is 41.8 Å². The van der Waals surface area contributed by atoms with Crippen LogP contribution in [0.5, 0.6) is 0 Å². The van der Waals surface area contributed by atoms with Crippen LogP contribution in [0.1, 0.15) is 103 Å². The molecule has 0 aliphatic carbocycles. The van der Waals surface area contributed by atoms with E-state index in [1.807, 2.05) is 47.6 Å². The lowest BCUT2D eigenvalue weighted by Crippen LogP contribution is -2.24. The Morgan fingerprint density at radius 1 is 0.483 bits per heavy atom. The zero-order valence-corrected chi connectivity index (χ0v) is 65.4. The van der Waals surface area contributed by atoms with Gasteiger partial charge in [0.1, 0.15) is 74.5 Å². The van der Waals surface area contributed by atoms with Crippen molar-refractivity contribution in [3.8, 4) is 74.7 Å². The number of nitrogens with two attached hydrogens (primary N) is 1. The van der Waals surface area contributed by atoms with Crippen LogP contribution in [0.4, 0.5) is 22.0 Å². The molecule has 17 aromatic rings. The smallest absolute Gasteiger partial charge is 0.282 e. The predicted octanol–water partition coefficient (Wildman–Crippen LogP) is 17.5. The molecule has 0 aliphatic heterocycles. The third kappa shape index (κ3) is 15.1. The maximum absolute atomic E-state index is 15.3. The van der Waals surface area contributed by atoms with E-state index in [2.05, 4.69) is 63.2 Å². The van der Waals surface area contributed by atoms with Crippen LogP contribution in [0.15, 0.2) is 233 Å². The number of primary amides is 1. The Balaban J connectivity index is 0.000000141. The fraction of sp³-hybridized carbons (Fsp3) is 0.122. The second-order valence-corrected chi connectivity index (χ2v) is 30.1. The molecule has 118 heavy (non-hydrogen) atoms. The lowest BCUT2D eigenvalue weighted by atomic mass is 9.86. The Bertz CT molecular complexity index is 7230. The Morgan fingerprint density at radius 3 is 1.35 bits per heavy atom. The lowest BCUT2D eigenvalue weighted by Gasteiger charge is -2.20. The molecule has 5 N–H and O–H groups in total. The second-order valence-electron chi connectivity index (χ2n) is 29.3. The van der Waals surface area contributed by atoms with E-state index in [1.165, 1.54) is 66.6 Å². The summed E-state index contributed by atoms with van der Waals surface area (Å²) in [5.41, 5.74) is 12.4. The fourth-order valence-corrected chi connectivity index (χ4v) is 14.1. The van der Waals surface area contributed by atoms with Gasteiger partial charge in [-0.2, -0.15) is 35.3 Å². The number of carbonyl (C=O) groups excluding carboxylic acids is 2. The van der Waals surface area contributed by atoms with Crippen LogP contribution in [0.2, 0.25) is 0 Å². The highest BCUT2D eigenvalue weighted by Gasteiger charge is 2.27. The Kier molecular flexibility index (Phi) is 21.8. The summed E-state index contributed by atoms with van der Waals surface area (Å²) in [6.45, 7) is 12.1. The molecular formula is C90H66BrF5N16O6. The van der Waals surface area contributed by atoms with Gasteiger partial charge in [-0.3, -0.25) is 28.3 Å². The molecular weight excluding hydrogens is 1580 g/mol. The van der Waals surface area contributed by atoms with Gasteiger partial charge in [-0.25, -0.2) is 41.9 Å². The van der Waals surface area contributed by atoms with E-state index in [4.69, 9.17) is 16.3 Å². The molecule has 10 aromatic heterocycles. The molecule has 584 valence electrons. The molecule has 17 rings (SSSR count). The molecule has 0 radical (unpaired) electrons. The van der Waals surface area contributed by atoms with Crippen LogP contribution in [0, 0.1) is 63.1 Å². The first-order valence-corrected chi connectivity index (χ1v) is 37.2.